The maximum atomic E-state index is 11.8. The molecule has 0 radical (unpaired) electrons. The number of rotatable bonds is 6. The van der Waals surface area contributed by atoms with Crippen molar-refractivity contribution in [3.8, 4) is 0 Å². The van der Waals surface area contributed by atoms with E-state index in [1.165, 1.54) is 0 Å². The molecule has 0 bridgehead atoms. The minimum Gasteiger partial charge on any atom is -0.481 e. The summed E-state index contributed by atoms with van der Waals surface area (Å²) in [6.45, 7) is 8.34. The monoisotopic (exact) mass is 243 g/mol. The smallest absolute Gasteiger partial charge is 0.307 e. The summed E-state index contributed by atoms with van der Waals surface area (Å²) in [4.78, 5) is 22.7. The van der Waals surface area contributed by atoms with Crippen molar-refractivity contribution in [3.63, 3.8) is 0 Å². The maximum absolute atomic E-state index is 11.8. The minimum atomic E-state index is -0.895. The largest absolute Gasteiger partial charge is 0.481 e. The molecule has 0 unspecified atom stereocenters. The van der Waals surface area contributed by atoms with Crippen LogP contribution in [0.3, 0.4) is 0 Å². The lowest BCUT2D eigenvalue weighted by molar-refractivity contribution is -0.140. The Morgan fingerprint density at radius 3 is 2.35 bits per heavy atom. The lowest BCUT2D eigenvalue weighted by Crippen LogP contribution is -2.31. The molecule has 2 atom stereocenters. The van der Waals surface area contributed by atoms with Crippen molar-refractivity contribution >= 4 is 11.9 Å². The molecule has 1 rings (SSSR count). The van der Waals surface area contributed by atoms with Crippen LogP contribution in [0, 0.1) is 17.3 Å². The Morgan fingerprint density at radius 1 is 1.35 bits per heavy atom. The summed E-state index contributed by atoms with van der Waals surface area (Å²) in [7, 11) is 0. The van der Waals surface area contributed by atoms with Crippen LogP contribution in [0.5, 0.6) is 0 Å². The van der Waals surface area contributed by atoms with E-state index in [9.17, 15) is 9.59 Å². The SMILES string of the molecule is CC(C)OCCNC(=O)[C@H]1[C@@H](C(=O)O)C1(C)C. The van der Waals surface area contributed by atoms with E-state index in [-0.39, 0.29) is 12.0 Å². The molecule has 0 aliphatic heterocycles. The third-order valence-electron chi connectivity index (χ3n) is 3.23. The molecule has 1 fully saturated rings. The first-order valence-corrected chi connectivity index (χ1v) is 5.90. The van der Waals surface area contributed by atoms with Crippen molar-refractivity contribution in [2.45, 2.75) is 33.8 Å². The van der Waals surface area contributed by atoms with Gasteiger partial charge in [0.15, 0.2) is 0 Å². The van der Waals surface area contributed by atoms with Gasteiger partial charge in [-0.25, -0.2) is 0 Å². The van der Waals surface area contributed by atoms with Crippen molar-refractivity contribution in [1.82, 2.24) is 5.32 Å². The van der Waals surface area contributed by atoms with Gasteiger partial charge in [-0.2, -0.15) is 0 Å². The second kappa shape index (κ2) is 5.04. The van der Waals surface area contributed by atoms with Crippen LogP contribution in [0.2, 0.25) is 0 Å². The fraction of sp³-hybridized carbons (Fsp3) is 0.833. The molecule has 1 aliphatic carbocycles. The van der Waals surface area contributed by atoms with Crippen molar-refractivity contribution < 1.29 is 19.4 Å². The third kappa shape index (κ3) is 3.19. The topological polar surface area (TPSA) is 75.6 Å². The van der Waals surface area contributed by atoms with Gasteiger partial charge in [0.05, 0.1) is 24.5 Å². The molecule has 0 spiro atoms. The molecule has 1 amide bonds. The molecule has 0 saturated heterocycles. The fourth-order valence-electron chi connectivity index (χ4n) is 2.17. The van der Waals surface area contributed by atoms with Crippen LogP contribution in [0.1, 0.15) is 27.7 Å². The van der Waals surface area contributed by atoms with E-state index in [4.69, 9.17) is 9.84 Å². The van der Waals surface area contributed by atoms with Gasteiger partial charge in [-0.15, -0.1) is 0 Å². The number of carboxylic acid groups (broad SMARTS) is 1. The van der Waals surface area contributed by atoms with E-state index in [0.717, 1.165) is 0 Å². The van der Waals surface area contributed by atoms with Crippen molar-refractivity contribution in [2.24, 2.45) is 17.3 Å². The van der Waals surface area contributed by atoms with Gasteiger partial charge in [0, 0.05) is 6.54 Å². The van der Waals surface area contributed by atoms with Crippen LogP contribution in [0.4, 0.5) is 0 Å². The number of aliphatic carboxylic acids is 1. The minimum absolute atomic E-state index is 0.135. The zero-order chi connectivity index (χ0) is 13.2. The highest BCUT2D eigenvalue weighted by molar-refractivity contribution is 5.91. The predicted molar refractivity (Wildman–Crippen MR) is 62.5 cm³/mol. The second-order valence-electron chi connectivity index (χ2n) is 5.33. The van der Waals surface area contributed by atoms with Crippen LogP contribution in [-0.2, 0) is 14.3 Å². The Morgan fingerprint density at radius 2 is 1.94 bits per heavy atom. The number of hydrogen-bond acceptors (Lipinski definition) is 3. The third-order valence-corrected chi connectivity index (χ3v) is 3.23. The predicted octanol–water partition coefficient (Wildman–Crippen LogP) is 0.884. The lowest BCUT2D eigenvalue weighted by Gasteiger charge is -2.09. The molecular weight excluding hydrogens is 222 g/mol. The standard InChI is InChI=1S/C12H21NO4/c1-7(2)17-6-5-13-10(14)8-9(11(15)16)12(8,3)4/h7-9H,5-6H2,1-4H3,(H,13,14)(H,15,16)/t8-,9+/m1/s1. The zero-order valence-corrected chi connectivity index (χ0v) is 10.8. The molecule has 5 heteroatoms. The molecular formula is C12H21NO4. The molecule has 1 saturated carbocycles. The molecule has 17 heavy (non-hydrogen) atoms. The number of hydrogen-bond donors (Lipinski definition) is 2. The lowest BCUT2D eigenvalue weighted by atomic mass is 10.1. The van der Waals surface area contributed by atoms with Gasteiger partial charge in [0.2, 0.25) is 5.91 Å². The highest BCUT2D eigenvalue weighted by Crippen LogP contribution is 2.58. The van der Waals surface area contributed by atoms with Gasteiger partial charge in [-0.3, -0.25) is 9.59 Å². The molecule has 2 N–H and O–H groups in total. The molecule has 0 aromatic heterocycles. The first-order valence-electron chi connectivity index (χ1n) is 5.90. The van der Waals surface area contributed by atoms with E-state index >= 15 is 0 Å². The Balaban J connectivity index is 2.33. The van der Waals surface area contributed by atoms with Gasteiger partial charge < -0.3 is 15.2 Å². The number of amides is 1. The summed E-state index contributed by atoms with van der Waals surface area (Å²) in [5.74, 6) is -2.06. The second-order valence-corrected chi connectivity index (χ2v) is 5.33. The Bertz CT molecular complexity index is 312. The van der Waals surface area contributed by atoms with Crippen LogP contribution in [0.15, 0.2) is 0 Å². The molecule has 98 valence electrons. The Hall–Kier alpha value is -1.10. The highest BCUT2D eigenvalue weighted by atomic mass is 16.5. The maximum Gasteiger partial charge on any atom is 0.307 e. The summed E-state index contributed by atoms with van der Waals surface area (Å²) in [6.07, 6.45) is 0.135. The van der Waals surface area contributed by atoms with Crippen molar-refractivity contribution in [3.05, 3.63) is 0 Å². The van der Waals surface area contributed by atoms with Crippen LogP contribution in [0.25, 0.3) is 0 Å². The van der Waals surface area contributed by atoms with Gasteiger partial charge in [0.25, 0.3) is 0 Å². The molecule has 1 aliphatic rings. The average Bonchev–Trinajstić information content (AvgIpc) is 2.76. The molecule has 0 aromatic carbocycles. The van der Waals surface area contributed by atoms with Crippen molar-refractivity contribution in [2.75, 3.05) is 13.2 Å². The van der Waals surface area contributed by atoms with Gasteiger partial charge >= 0.3 is 5.97 Å². The summed E-state index contributed by atoms with van der Waals surface area (Å²) in [5, 5.41) is 11.7. The number of carbonyl (C=O) groups is 2. The van der Waals surface area contributed by atoms with E-state index in [1.807, 2.05) is 13.8 Å². The molecule has 0 heterocycles. The number of nitrogens with one attached hydrogen (secondary N) is 1. The number of ether oxygens (including phenoxy) is 1. The summed E-state index contributed by atoms with van der Waals surface area (Å²) in [5.41, 5.74) is -0.436. The molecule has 0 aromatic rings. The van der Waals surface area contributed by atoms with Crippen LogP contribution in [-0.4, -0.2) is 36.2 Å². The Labute approximate surface area is 102 Å². The van der Waals surface area contributed by atoms with E-state index in [1.54, 1.807) is 13.8 Å². The van der Waals surface area contributed by atoms with E-state index in [2.05, 4.69) is 5.32 Å². The summed E-state index contributed by atoms with van der Waals surface area (Å²) >= 11 is 0. The average molecular weight is 243 g/mol. The molecule has 5 nitrogen and oxygen atoms in total. The van der Waals surface area contributed by atoms with Gasteiger partial charge in [-0.05, 0) is 19.3 Å². The van der Waals surface area contributed by atoms with E-state index < -0.39 is 23.2 Å². The van der Waals surface area contributed by atoms with Crippen LogP contribution < -0.4 is 5.32 Å². The van der Waals surface area contributed by atoms with Gasteiger partial charge in [-0.1, -0.05) is 13.8 Å². The highest BCUT2D eigenvalue weighted by Gasteiger charge is 2.65. The Kier molecular flexibility index (Phi) is 4.14. The van der Waals surface area contributed by atoms with Gasteiger partial charge in [0.1, 0.15) is 0 Å². The van der Waals surface area contributed by atoms with Crippen LogP contribution >= 0.6 is 0 Å². The first kappa shape index (κ1) is 14.0. The number of carbonyl (C=O) groups excluding carboxylic acids is 1. The normalized spacial score (nSPS) is 25.7. The quantitative estimate of drug-likeness (QED) is 0.679. The summed E-state index contributed by atoms with van der Waals surface area (Å²) < 4.78 is 5.29. The first-order chi connectivity index (χ1) is 7.78. The van der Waals surface area contributed by atoms with Crippen molar-refractivity contribution in [1.29, 1.82) is 0 Å². The van der Waals surface area contributed by atoms with E-state index in [0.29, 0.717) is 13.2 Å². The fourth-order valence-corrected chi connectivity index (χ4v) is 2.17. The number of carboxylic acids is 1. The zero-order valence-electron chi connectivity index (χ0n) is 10.8. The summed E-state index contributed by atoms with van der Waals surface area (Å²) in [6, 6.07) is 0.